The van der Waals surface area contributed by atoms with Crippen molar-refractivity contribution in [2.45, 2.75) is 6.42 Å². The normalized spacial score (nSPS) is 14.3. The predicted octanol–water partition coefficient (Wildman–Crippen LogP) is 4.75. The van der Waals surface area contributed by atoms with Crippen molar-refractivity contribution >= 4 is 56.6 Å². The molecule has 9 heteroatoms. The number of aromatic nitrogens is 1. The number of thiazole rings is 1. The number of rotatable bonds is 7. The number of anilines is 1. The van der Waals surface area contributed by atoms with Gasteiger partial charge in [-0.15, -0.1) is 12.4 Å². The Morgan fingerprint density at radius 3 is 2.77 bits per heavy atom. The van der Waals surface area contributed by atoms with Crippen molar-refractivity contribution in [2.24, 2.45) is 0 Å². The zero-order valence-electron chi connectivity index (χ0n) is 17.3. The Balaban J connectivity index is 0.00000272. The van der Waals surface area contributed by atoms with Gasteiger partial charge in [0.15, 0.2) is 5.13 Å². The summed E-state index contributed by atoms with van der Waals surface area (Å²) in [5.74, 6) is 0.615. The number of methoxy groups -OCH3 is 1. The first-order valence-electron chi connectivity index (χ1n) is 9.97. The molecule has 31 heavy (non-hydrogen) atoms. The fourth-order valence-electron chi connectivity index (χ4n) is 3.48. The Labute approximate surface area is 197 Å². The van der Waals surface area contributed by atoms with Gasteiger partial charge < -0.3 is 9.47 Å². The van der Waals surface area contributed by atoms with Crippen LogP contribution in [0.2, 0.25) is 5.02 Å². The van der Waals surface area contributed by atoms with E-state index >= 15 is 0 Å². The highest BCUT2D eigenvalue weighted by atomic mass is 35.5. The molecule has 2 aromatic carbocycles. The number of fused-ring (bicyclic) bond motifs is 1. The quantitative estimate of drug-likeness (QED) is 0.487. The smallest absolute Gasteiger partial charge is 0.261 e. The van der Waals surface area contributed by atoms with Crippen LogP contribution in [0.5, 0.6) is 5.75 Å². The highest BCUT2D eigenvalue weighted by molar-refractivity contribution is 7.22. The van der Waals surface area contributed by atoms with Crippen LogP contribution in [0, 0.1) is 0 Å². The summed E-state index contributed by atoms with van der Waals surface area (Å²) in [6, 6.07) is 12.9. The maximum Gasteiger partial charge on any atom is 0.261 e. The third kappa shape index (κ3) is 5.67. The van der Waals surface area contributed by atoms with Crippen molar-refractivity contribution in [2.75, 3.05) is 51.4 Å². The van der Waals surface area contributed by atoms with E-state index in [1.165, 1.54) is 11.3 Å². The van der Waals surface area contributed by atoms with Crippen LogP contribution in [0.15, 0.2) is 42.5 Å². The lowest BCUT2D eigenvalue weighted by Crippen LogP contribution is -2.39. The van der Waals surface area contributed by atoms with E-state index in [9.17, 15) is 4.79 Å². The van der Waals surface area contributed by atoms with Gasteiger partial charge in [-0.1, -0.05) is 35.1 Å². The zero-order chi connectivity index (χ0) is 20.9. The van der Waals surface area contributed by atoms with Crippen molar-refractivity contribution in [3.8, 4) is 5.75 Å². The molecule has 0 unspecified atom stereocenters. The van der Waals surface area contributed by atoms with E-state index < -0.39 is 0 Å². The van der Waals surface area contributed by atoms with Gasteiger partial charge in [-0.2, -0.15) is 0 Å². The van der Waals surface area contributed by atoms with Gasteiger partial charge in [0.05, 0.1) is 41.1 Å². The monoisotopic (exact) mass is 481 g/mol. The molecule has 0 spiro atoms. The number of ether oxygens (including phenoxy) is 2. The number of halogens is 2. The van der Waals surface area contributed by atoms with Gasteiger partial charge in [0, 0.05) is 32.2 Å². The molecule has 3 aromatic rings. The molecule has 1 aromatic heterocycles. The van der Waals surface area contributed by atoms with E-state index in [1.807, 2.05) is 30.3 Å². The zero-order valence-corrected chi connectivity index (χ0v) is 19.6. The summed E-state index contributed by atoms with van der Waals surface area (Å²) in [6.07, 6.45) is 0.843. The van der Waals surface area contributed by atoms with Crippen molar-refractivity contribution in [3.05, 3.63) is 53.1 Å². The number of amides is 1. The Morgan fingerprint density at radius 2 is 2.03 bits per heavy atom. The Bertz CT molecular complexity index is 1020. The number of carbonyl (C=O) groups is 1. The number of nitrogens with zero attached hydrogens (tertiary/aromatic N) is 3. The van der Waals surface area contributed by atoms with Crippen LogP contribution in [-0.2, 0) is 4.74 Å². The average Bonchev–Trinajstić information content (AvgIpc) is 3.20. The third-order valence-electron chi connectivity index (χ3n) is 5.12. The van der Waals surface area contributed by atoms with Crippen molar-refractivity contribution in [1.29, 1.82) is 0 Å². The molecule has 1 aliphatic rings. The molecular formula is C22H25Cl2N3O3S. The molecule has 1 saturated heterocycles. The summed E-state index contributed by atoms with van der Waals surface area (Å²) in [5, 5.41) is 1.12. The number of hydrogen-bond acceptors (Lipinski definition) is 6. The lowest BCUT2D eigenvalue weighted by Gasteiger charge is -2.27. The molecule has 0 N–H and O–H groups in total. The topological polar surface area (TPSA) is 54.9 Å². The van der Waals surface area contributed by atoms with E-state index in [0.29, 0.717) is 22.3 Å². The number of hydrogen-bond donors (Lipinski definition) is 0. The van der Waals surface area contributed by atoms with Gasteiger partial charge >= 0.3 is 0 Å². The molecular weight excluding hydrogens is 457 g/mol. The molecule has 1 amide bonds. The highest BCUT2D eigenvalue weighted by Crippen LogP contribution is 2.32. The van der Waals surface area contributed by atoms with Crippen LogP contribution < -0.4 is 9.64 Å². The highest BCUT2D eigenvalue weighted by Gasteiger charge is 2.23. The van der Waals surface area contributed by atoms with E-state index in [0.717, 1.165) is 55.2 Å². The molecule has 1 fully saturated rings. The summed E-state index contributed by atoms with van der Waals surface area (Å²) in [5.41, 5.74) is 1.31. The summed E-state index contributed by atoms with van der Waals surface area (Å²) < 4.78 is 11.7. The number of benzene rings is 2. The van der Waals surface area contributed by atoms with Gasteiger partial charge in [0.25, 0.3) is 5.91 Å². The minimum atomic E-state index is -0.131. The first-order chi connectivity index (χ1) is 14.7. The molecule has 0 bridgehead atoms. The summed E-state index contributed by atoms with van der Waals surface area (Å²) in [7, 11) is 1.63. The van der Waals surface area contributed by atoms with E-state index in [4.69, 9.17) is 26.1 Å². The first-order valence-corrected chi connectivity index (χ1v) is 11.2. The van der Waals surface area contributed by atoms with Crippen LogP contribution in [0.3, 0.4) is 0 Å². The molecule has 4 rings (SSSR count). The van der Waals surface area contributed by atoms with E-state index in [2.05, 4.69) is 4.90 Å². The summed E-state index contributed by atoms with van der Waals surface area (Å²) >= 11 is 7.82. The van der Waals surface area contributed by atoms with Gasteiger partial charge in [0.1, 0.15) is 5.75 Å². The lowest BCUT2D eigenvalue weighted by molar-refractivity contribution is 0.0376. The van der Waals surface area contributed by atoms with Crippen LogP contribution in [0.4, 0.5) is 5.13 Å². The van der Waals surface area contributed by atoms with Crippen LogP contribution in [0.25, 0.3) is 10.2 Å². The predicted molar refractivity (Wildman–Crippen MR) is 128 cm³/mol. The van der Waals surface area contributed by atoms with Crippen molar-refractivity contribution in [3.63, 3.8) is 0 Å². The first kappa shape index (κ1) is 23.8. The Morgan fingerprint density at radius 1 is 1.26 bits per heavy atom. The molecule has 0 aliphatic carbocycles. The largest absolute Gasteiger partial charge is 0.497 e. The number of morpholine rings is 1. The van der Waals surface area contributed by atoms with E-state index in [1.54, 1.807) is 24.1 Å². The van der Waals surface area contributed by atoms with Gasteiger partial charge in [-0.25, -0.2) is 4.98 Å². The SMILES string of the molecule is COc1ccc2sc(N(CCCN3CCOCC3)C(=O)c3ccccc3Cl)nc2c1.Cl. The lowest BCUT2D eigenvalue weighted by atomic mass is 10.2. The molecule has 1 aliphatic heterocycles. The second kappa shape index (κ2) is 11.1. The fraction of sp³-hybridized carbons (Fsp3) is 0.364. The Hall–Kier alpha value is -1.90. The minimum absolute atomic E-state index is 0. The Kier molecular flexibility index (Phi) is 8.51. The van der Waals surface area contributed by atoms with Gasteiger partial charge in [-0.05, 0) is 30.7 Å². The standard InChI is InChI=1S/C22H24ClN3O3S.ClH/c1-28-16-7-8-20-19(15-16)24-22(30-20)26(10-4-9-25-11-13-29-14-12-25)21(27)17-5-2-3-6-18(17)23;/h2-3,5-8,15H,4,9-14H2,1H3;1H. The van der Waals surface area contributed by atoms with Crippen molar-refractivity contribution < 1.29 is 14.3 Å². The van der Waals surface area contributed by atoms with Crippen LogP contribution >= 0.6 is 35.3 Å². The average molecular weight is 482 g/mol. The maximum atomic E-state index is 13.4. The summed E-state index contributed by atoms with van der Waals surface area (Å²) in [4.78, 5) is 22.2. The van der Waals surface area contributed by atoms with Crippen molar-refractivity contribution in [1.82, 2.24) is 9.88 Å². The molecule has 0 saturated carbocycles. The molecule has 6 nitrogen and oxygen atoms in total. The summed E-state index contributed by atoms with van der Waals surface area (Å²) in [6.45, 7) is 4.87. The third-order valence-corrected chi connectivity index (χ3v) is 6.51. The molecule has 0 atom stereocenters. The molecule has 0 radical (unpaired) electrons. The molecule has 166 valence electrons. The fourth-order valence-corrected chi connectivity index (χ4v) is 4.67. The minimum Gasteiger partial charge on any atom is -0.497 e. The maximum absolute atomic E-state index is 13.4. The van der Waals surface area contributed by atoms with E-state index in [-0.39, 0.29) is 18.3 Å². The second-order valence-electron chi connectivity index (χ2n) is 7.07. The van der Waals surface area contributed by atoms with Gasteiger partial charge in [0.2, 0.25) is 0 Å². The van der Waals surface area contributed by atoms with Gasteiger partial charge in [-0.3, -0.25) is 14.6 Å². The molecule has 2 heterocycles. The number of carbonyl (C=O) groups excluding carboxylic acids is 1. The van der Waals surface area contributed by atoms with Crippen LogP contribution in [-0.4, -0.2) is 62.3 Å². The second-order valence-corrected chi connectivity index (χ2v) is 8.49. The van der Waals surface area contributed by atoms with Crippen LogP contribution in [0.1, 0.15) is 16.8 Å².